The molecule has 288 valence electrons. The number of hydrogen-bond donors (Lipinski definition) is 0. The highest BCUT2D eigenvalue weighted by molar-refractivity contribution is 7.26. The third kappa shape index (κ3) is 5.47. The molecule has 0 amide bonds. The molecule has 0 unspecified atom stereocenters. The van der Waals surface area contributed by atoms with E-state index in [0.717, 1.165) is 55.6 Å². The number of nitrogens with zero attached hydrogens (tertiary/aromatic N) is 5. The van der Waals surface area contributed by atoms with Gasteiger partial charge in [0.1, 0.15) is 0 Å². The van der Waals surface area contributed by atoms with Gasteiger partial charge in [0.2, 0.25) is 0 Å². The van der Waals surface area contributed by atoms with Crippen molar-refractivity contribution in [2.45, 2.75) is 0 Å². The van der Waals surface area contributed by atoms with Crippen molar-refractivity contribution in [3.05, 3.63) is 200 Å². The molecule has 6 heteroatoms. The van der Waals surface area contributed by atoms with E-state index in [1.807, 2.05) is 47.7 Å². The molecule has 13 rings (SSSR count). The molecule has 0 saturated carbocycles. The zero-order valence-electron chi connectivity index (χ0n) is 33.2. The van der Waals surface area contributed by atoms with Crippen molar-refractivity contribution in [2.24, 2.45) is 0 Å². The molecule has 0 aliphatic carbocycles. The Kier molecular flexibility index (Phi) is 7.71. The largest absolute Gasteiger partial charge is 0.291 e. The number of thiophene rings is 1. The van der Waals surface area contributed by atoms with E-state index in [4.69, 9.17) is 19.9 Å². The minimum absolute atomic E-state index is 0.621. The maximum absolute atomic E-state index is 5.55. The van der Waals surface area contributed by atoms with Crippen LogP contribution in [0.2, 0.25) is 0 Å². The van der Waals surface area contributed by atoms with E-state index in [9.17, 15) is 0 Å². The smallest absolute Gasteiger partial charge is 0.164 e. The lowest BCUT2D eigenvalue weighted by atomic mass is 10.0. The zero-order chi connectivity index (χ0) is 40.7. The number of pyridine rings is 1. The van der Waals surface area contributed by atoms with Crippen LogP contribution in [-0.4, -0.2) is 24.3 Å². The van der Waals surface area contributed by atoms with Crippen LogP contribution >= 0.6 is 11.3 Å². The van der Waals surface area contributed by atoms with Crippen LogP contribution in [0.3, 0.4) is 0 Å². The first-order valence-electron chi connectivity index (χ1n) is 20.8. The lowest BCUT2D eigenvalue weighted by molar-refractivity contribution is 1.07. The van der Waals surface area contributed by atoms with Crippen molar-refractivity contribution in [3.8, 4) is 56.5 Å². The molecule has 13 aromatic rings. The highest BCUT2D eigenvalue weighted by Gasteiger charge is 2.21. The SMILES string of the molecule is c1ccc(-c2ccc(-c3nc(-c4ccccc4)nc(-c4ccc(-c5cc6c(sc7ccc8ccccc8c76)c6nc7c8ccc9ccccc9c8ccc7n56)cc4)n3)cc2)cc1. The van der Waals surface area contributed by atoms with Gasteiger partial charge in [0, 0.05) is 37.5 Å². The summed E-state index contributed by atoms with van der Waals surface area (Å²) in [4.78, 5) is 20.7. The molecule has 0 aliphatic rings. The lowest BCUT2D eigenvalue weighted by Crippen LogP contribution is -2.00. The molecule has 0 bridgehead atoms. The van der Waals surface area contributed by atoms with E-state index >= 15 is 0 Å². The van der Waals surface area contributed by atoms with Crippen molar-refractivity contribution in [1.29, 1.82) is 0 Å². The molecule has 0 spiro atoms. The van der Waals surface area contributed by atoms with E-state index in [1.54, 1.807) is 0 Å². The standard InChI is InChI=1S/C56H33N5S/c1-3-11-34(12-4-1)35-19-23-40(24-20-35)54-58-53(39-15-5-2-6-16-39)59-55(60-54)41-25-21-38(22-26-41)48-33-46-50-43-18-10-8-14-37(43)28-32-49(50)62-52(46)56-57-51-45-29-27-36-13-7-9-17-42(36)44(45)30-31-47(51)61(48)56/h1-33H. The zero-order valence-corrected chi connectivity index (χ0v) is 34.0. The Hall–Kier alpha value is -8.06. The van der Waals surface area contributed by atoms with Crippen molar-refractivity contribution in [3.63, 3.8) is 0 Å². The van der Waals surface area contributed by atoms with Crippen LogP contribution in [0.25, 0.3) is 126 Å². The molecule has 0 saturated heterocycles. The molecule has 9 aromatic carbocycles. The first-order valence-corrected chi connectivity index (χ1v) is 21.6. The number of fused-ring (bicyclic) bond motifs is 13. The number of aromatic nitrogens is 5. The molecule has 4 heterocycles. The maximum atomic E-state index is 5.55. The third-order valence-corrected chi connectivity index (χ3v) is 13.4. The number of benzene rings is 9. The van der Waals surface area contributed by atoms with E-state index in [-0.39, 0.29) is 0 Å². The van der Waals surface area contributed by atoms with Gasteiger partial charge in [-0.05, 0) is 61.8 Å². The highest BCUT2D eigenvalue weighted by atomic mass is 32.1. The molecule has 0 N–H and O–H groups in total. The Morgan fingerprint density at radius 2 is 0.871 bits per heavy atom. The van der Waals surface area contributed by atoms with Crippen molar-refractivity contribution in [2.75, 3.05) is 0 Å². The quantitative estimate of drug-likeness (QED) is 0.163. The van der Waals surface area contributed by atoms with Crippen molar-refractivity contribution in [1.82, 2.24) is 24.3 Å². The number of rotatable bonds is 5. The van der Waals surface area contributed by atoms with Gasteiger partial charge in [-0.1, -0.05) is 182 Å². The number of imidazole rings is 1. The van der Waals surface area contributed by atoms with Gasteiger partial charge in [-0.25, -0.2) is 19.9 Å². The normalized spacial score (nSPS) is 11.9. The molecule has 0 radical (unpaired) electrons. The van der Waals surface area contributed by atoms with E-state index in [0.29, 0.717) is 17.5 Å². The summed E-state index contributed by atoms with van der Waals surface area (Å²) in [7, 11) is 0. The highest BCUT2D eigenvalue weighted by Crippen LogP contribution is 2.44. The second kappa shape index (κ2) is 13.7. The fourth-order valence-electron chi connectivity index (χ4n) is 9.22. The summed E-state index contributed by atoms with van der Waals surface area (Å²) in [6, 6.07) is 70.8. The van der Waals surface area contributed by atoms with Crippen molar-refractivity contribution < 1.29 is 0 Å². The summed E-state index contributed by atoms with van der Waals surface area (Å²) < 4.78 is 4.81. The summed E-state index contributed by atoms with van der Waals surface area (Å²) >= 11 is 1.83. The molecular formula is C56H33N5S. The van der Waals surface area contributed by atoms with E-state index in [2.05, 4.69) is 168 Å². The van der Waals surface area contributed by atoms with Gasteiger partial charge in [-0.15, -0.1) is 11.3 Å². The molecule has 0 fully saturated rings. The summed E-state index contributed by atoms with van der Waals surface area (Å²) in [6.07, 6.45) is 0. The Morgan fingerprint density at radius 3 is 1.56 bits per heavy atom. The van der Waals surface area contributed by atoms with Crippen LogP contribution in [0.1, 0.15) is 0 Å². The Bertz CT molecular complexity index is 3890. The fraction of sp³-hybridized carbons (Fsp3) is 0. The van der Waals surface area contributed by atoms with E-state index < -0.39 is 0 Å². The molecule has 5 nitrogen and oxygen atoms in total. The topological polar surface area (TPSA) is 56.0 Å². The summed E-state index contributed by atoms with van der Waals surface area (Å²) in [6.45, 7) is 0. The van der Waals surface area contributed by atoms with Crippen LogP contribution in [-0.2, 0) is 0 Å². The van der Waals surface area contributed by atoms with Gasteiger partial charge in [-0.3, -0.25) is 4.40 Å². The molecule has 0 atom stereocenters. The average molecular weight is 808 g/mol. The molecular weight excluding hydrogens is 775 g/mol. The molecule has 62 heavy (non-hydrogen) atoms. The summed E-state index contributed by atoms with van der Waals surface area (Å²) in [5, 5.41) is 9.80. The van der Waals surface area contributed by atoms with Gasteiger partial charge in [0.05, 0.1) is 21.4 Å². The Morgan fingerprint density at radius 1 is 0.355 bits per heavy atom. The first kappa shape index (κ1) is 34.8. The second-order valence-corrected chi connectivity index (χ2v) is 16.9. The minimum Gasteiger partial charge on any atom is -0.291 e. The summed E-state index contributed by atoms with van der Waals surface area (Å²) in [5.74, 6) is 1.89. The van der Waals surface area contributed by atoms with Crippen LogP contribution < -0.4 is 0 Å². The lowest BCUT2D eigenvalue weighted by Gasteiger charge is -2.11. The van der Waals surface area contributed by atoms with Gasteiger partial charge >= 0.3 is 0 Å². The van der Waals surface area contributed by atoms with Crippen LogP contribution in [0.4, 0.5) is 0 Å². The second-order valence-electron chi connectivity index (χ2n) is 15.8. The van der Waals surface area contributed by atoms with Crippen LogP contribution in [0.15, 0.2) is 200 Å². The van der Waals surface area contributed by atoms with Crippen LogP contribution in [0.5, 0.6) is 0 Å². The molecule has 4 aromatic heterocycles. The third-order valence-electron chi connectivity index (χ3n) is 12.2. The van der Waals surface area contributed by atoms with Gasteiger partial charge in [0.15, 0.2) is 23.1 Å². The average Bonchev–Trinajstić information content (AvgIpc) is 3.94. The Balaban J connectivity index is 1.01. The predicted octanol–water partition coefficient (Wildman–Crippen LogP) is 14.8. The van der Waals surface area contributed by atoms with Gasteiger partial charge in [-0.2, -0.15) is 0 Å². The summed E-state index contributed by atoms with van der Waals surface area (Å²) in [5.41, 5.74) is 10.3. The number of hydrogen-bond acceptors (Lipinski definition) is 5. The fourth-order valence-corrected chi connectivity index (χ4v) is 10.4. The van der Waals surface area contributed by atoms with Gasteiger partial charge < -0.3 is 0 Å². The Labute approximate surface area is 359 Å². The van der Waals surface area contributed by atoms with Crippen LogP contribution in [0, 0.1) is 0 Å². The van der Waals surface area contributed by atoms with Crippen molar-refractivity contribution >= 4 is 80.5 Å². The first-order chi connectivity index (χ1) is 30.7. The maximum Gasteiger partial charge on any atom is 0.164 e. The monoisotopic (exact) mass is 807 g/mol. The predicted molar refractivity (Wildman–Crippen MR) is 259 cm³/mol. The van der Waals surface area contributed by atoms with E-state index in [1.165, 1.54) is 52.7 Å². The molecule has 0 aliphatic heterocycles. The minimum atomic E-state index is 0.621. The van der Waals surface area contributed by atoms with Gasteiger partial charge in [0.25, 0.3) is 0 Å².